The normalized spacial score (nSPS) is 14.1. The summed E-state index contributed by atoms with van der Waals surface area (Å²) in [5, 5.41) is 8.69. The van der Waals surface area contributed by atoms with Crippen LogP contribution in [0.15, 0.2) is 84.7 Å². The van der Waals surface area contributed by atoms with Crippen LogP contribution in [0.4, 0.5) is 20.6 Å². The van der Waals surface area contributed by atoms with Crippen molar-refractivity contribution >= 4 is 52.1 Å². The van der Waals surface area contributed by atoms with Crippen LogP contribution < -0.4 is 16.0 Å². The number of fused-ring (bicyclic) bond motifs is 1. The third-order valence-electron chi connectivity index (χ3n) is 6.16. The second kappa shape index (κ2) is 10.6. The molecule has 0 aliphatic carbocycles. The Labute approximate surface area is 222 Å². The monoisotopic (exact) mass is 525 g/mol. The number of para-hydroxylation sites is 1. The molecule has 0 unspecified atom stereocenters. The Bertz CT molecular complexity index is 1620. The summed E-state index contributed by atoms with van der Waals surface area (Å²) < 4.78 is 14.9. The van der Waals surface area contributed by atoms with Gasteiger partial charge in [-0.15, -0.1) is 0 Å². The van der Waals surface area contributed by atoms with Crippen LogP contribution in [0.1, 0.15) is 11.1 Å². The van der Waals surface area contributed by atoms with E-state index in [1.807, 2.05) is 43.3 Å². The second-order valence-corrected chi connectivity index (χ2v) is 9.08. The molecule has 5 rings (SSSR count). The summed E-state index contributed by atoms with van der Waals surface area (Å²) >= 11 is 0. The van der Waals surface area contributed by atoms with Crippen molar-refractivity contribution in [3.63, 3.8) is 0 Å². The summed E-state index contributed by atoms with van der Waals surface area (Å²) in [7, 11) is 0. The summed E-state index contributed by atoms with van der Waals surface area (Å²) in [6.07, 6.45) is 3.23. The summed E-state index contributed by atoms with van der Waals surface area (Å²) in [6, 6.07) is 19.2. The first-order chi connectivity index (χ1) is 18.8. The highest BCUT2D eigenvalue weighted by Gasteiger charge is 2.35. The Morgan fingerprint density at radius 2 is 1.49 bits per heavy atom. The first kappa shape index (κ1) is 25.4. The van der Waals surface area contributed by atoms with Crippen LogP contribution in [0, 0.1) is 12.7 Å². The maximum atomic E-state index is 13.2. The Morgan fingerprint density at radius 3 is 2.18 bits per heavy atom. The largest absolute Gasteiger partial charge is 0.337 e. The van der Waals surface area contributed by atoms with Crippen LogP contribution in [-0.2, 0) is 20.9 Å². The van der Waals surface area contributed by atoms with Crippen LogP contribution in [0.3, 0.4) is 0 Å². The number of benzene rings is 3. The van der Waals surface area contributed by atoms with Gasteiger partial charge >= 0.3 is 6.03 Å². The number of anilines is 2. The lowest BCUT2D eigenvalue weighted by Gasteiger charge is -2.12. The third-order valence-corrected chi connectivity index (χ3v) is 6.16. The van der Waals surface area contributed by atoms with Crippen molar-refractivity contribution in [1.82, 2.24) is 14.8 Å². The van der Waals surface area contributed by atoms with Gasteiger partial charge in [-0.05, 0) is 55.5 Å². The summed E-state index contributed by atoms with van der Waals surface area (Å²) in [6.45, 7) is 1.45. The van der Waals surface area contributed by atoms with E-state index < -0.39 is 30.2 Å². The van der Waals surface area contributed by atoms with Gasteiger partial charge in [0.2, 0.25) is 11.8 Å². The molecule has 9 nitrogen and oxygen atoms in total. The lowest BCUT2D eigenvalue weighted by atomic mass is 10.1. The van der Waals surface area contributed by atoms with Crippen molar-refractivity contribution in [2.24, 2.45) is 0 Å². The average molecular weight is 526 g/mol. The lowest BCUT2D eigenvalue weighted by molar-refractivity contribution is -0.127. The number of nitrogens with one attached hydrogen (secondary N) is 3. The standard InChI is InChI=1S/C29H24FN5O4/c1-18-6-10-21(11-7-18)32-27(37)17-35-28(38)24(33-29(35)39)14-19-15-34(25-5-3-2-4-23(19)25)16-26(36)31-22-12-8-20(30)9-13-22/h2-15H,16-17H2,1H3,(H,31,36)(H,32,37)(H,33,39)/b24-14+. The van der Waals surface area contributed by atoms with E-state index in [1.165, 1.54) is 30.3 Å². The zero-order valence-electron chi connectivity index (χ0n) is 20.9. The fourth-order valence-corrected chi connectivity index (χ4v) is 4.26. The first-order valence-electron chi connectivity index (χ1n) is 12.1. The van der Waals surface area contributed by atoms with E-state index in [9.17, 15) is 23.6 Å². The van der Waals surface area contributed by atoms with Crippen molar-refractivity contribution in [3.05, 3.63) is 102 Å². The van der Waals surface area contributed by atoms with Crippen molar-refractivity contribution in [2.75, 3.05) is 17.2 Å². The lowest BCUT2D eigenvalue weighted by Crippen LogP contribution is -2.38. The number of halogens is 1. The topological polar surface area (TPSA) is 113 Å². The maximum Gasteiger partial charge on any atom is 0.329 e. The molecule has 196 valence electrons. The van der Waals surface area contributed by atoms with Gasteiger partial charge in [-0.1, -0.05) is 35.9 Å². The van der Waals surface area contributed by atoms with Crippen LogP contribution in [0.2, 0.25) is 0 Å². The zero-order chi connectivity index (χ0) is 27.5. The van der Waals surface area contributed by atoms with E-state index in [0.717, 1.165) is 21.4 Å². The molecule has 1 aliphatic rings. The molecule has 1 aromatic heterocycles. The van der Waals surface area contributed by atoms with Gasteiger partial charge in [0.25, 0.3) is 5.91 Å². The van der Waals surface area contributed by atoms with Gasteiger partial charge < -0.3 is 20.5 Å². The van der Waals surface area contributed by atoms with Crippen molar-refractivity contribution in [3.8, 4) is 0 Å². The number of carbonyl (C=O) groups is 4. The van der Waals surface area contributed by atoms with E-state index in [2.05, 4.69) is 16.0 Å². The van der Waals surface area contributed by atoms with E-state index >= 15 is 0 Å². The number of hydrogen-bond donors (Lipinski definition) is 3. The van der Waals surface area contributed by atoms with Gasteiger partial charge in [-0.2, -0.15) is 0 Å². The Balaban J connectivity index is 1.32. The number of nitrogens with zero attached hydrogens (tertiary/aromatic N) is 2. The number of aryl methyl sites for hydroxylation is 1. The molecule has 1 fully saturated rings. The molecule has 0 bridgehead atoms. The SMILES string of the molecule is Cc1ccc(NC(=O)CN2C(=O)N/C(=C/c3cn(CC(=O)Nc4ccc(F)cc4)c4ccccc34)C2=O)cc1. The van der Waals surface area contributed by atoms with E-state index in [0.29, 0.717) is 16.9 Å². The molecule has 0 spiro atoms. The minimum atomic E-state index is -0.701. The van der Waals surface area contributed by atoms with Gasteiger partial charge in [0.1, 0.15) is 24.6 Å². The summed E-state index contributed by atoms with van der Waals surface area (Å²) in [5.74, 6) is -1.86. The van der Waals surface area contributed by atoms with Crippen molar-refractivity contribution in [2.45, 2.75) is 13.5 Å². The highest BCUT2D eigenvalue weighted by atomic mass is 19.1. The fourth-order valence-electron chi connectivity index (χ4n) is 4.26. The Kier molecular flexibility index (Phi) is 6.92. The molecule has 4 aromatic rings. The number of hydrogen-bond acceptors (Lipinski definition) is 4. The smallest absolute Gasteiger partial charge is 0.329 e. The highest BCUT2D eigenvalue weighted by Crippen LogP contribution is 2.25. The molecule has 1 saturated heterocycles. The number of urea groups is 1. The predicted octanol–water partition coefficient (Wildman–Crippen LogP) is 4.26. The van der Waals surface area contributed by atoms with Crippen molar-refractivity contribution in [1.29, 1.82) is 0 Å². The minimum Gasteiger partial charge on any atom is -0.337 e. The van der Waals surface area contributed by atoms with Gasteiger partial charge in [0.15, 0.2) is 0 Å². The van der Waals surface area contributed by atoms with E-state index in [1.54, 1.807) is 22.9 Å². The first-order valence-corrected chi connectivity index (χ1v) is 12.1. The molecule has 0 atom stereocenters. The highest BCUT2D eigenvalue weighted by molar-refractivity contribution is 6.16. The van der Waals surface area contributed by atoms with Gasteiger partial charge in [-0.3, -0.25) is 14.4 Å². The summed E-state index contributed by atoms with van der Waals surface area (Å²) in [5.41, 5.74) is 3.42. The van der Waals surface area contributed by atoms with Crippen molar-refractivity contribution < 1.29 is 23.6 Å². The number of carbonyl (C=O) groups excluding carboxylic acids is 4. The molecule has 0 radical (unpaired) electrons. The molecular weight excluding hydrogens is 501 g/mol. The van der Waals surface area contributed by atoms with E-state index in [4.69, 9.17) is 0 Å². The molecule has 10 heteroatoms. The number of aromatic nitrogens is 1. The molecule has 0 saturated carbocycles. The molecular formula is C29H24FN5O4. The third kappa shape index (κ3) is 5.69. The molecule has 39 heavy (non-hydrogen) atoms. The number of amides is 5. The van der Waals surface area contributed by atoms with Crippen LogP contribution in [0.5, 0.6) is 0 Å². The van der Waals surface area contributed by atoms with Gasteiger partial charge in [0.05, 0.1) is 0 Å². The molecule has 1 aliphatic heterocycles. The Morgan fingerprint density at radius 1 is 0.872 bits per heavy atom. The minimum absolute atomic E-state index is 0.0156. The average Bonchev–Trinajstić information content (AvgIpc) is 3.38. The maximum absolute atomic E-state index is 13.2. The fraction of sp³-hybridized carbons (Fsp3) is 0.103. The van der Waals surface area contributed by atoms with Crippen LogP contribution in [0.25, 0.3) is 17.0 Å². The predicted molar refractivity (Wildman–Crippen MR) is 145 cm³/mol. The van der Waals surface area contributed by atoms with Gasteiger partial charge in [-0.25, -0.2) is 14.1 Å². The molecule has 3 aromatic carbocycles. The number of rotatable bonds is 7. The molecule has 2 heterocycles. The van der Waals surface area contributed by atoms with Crippen LogP contribution >= 0.6 is 0 Å². The molecule has 5 amide bonds. The van der Waals surface area contributed by atoms with E-state index in [-0.39, 0.29) is 18.1 Å². The number of imide groups is 1. The second-order valence-electron chi connectivity index (χ2n) is 9.08. The zero-order valence-corrected chi connectivity index (χ0v) is 20.9. The van der Waals surface area contributed by atoms with Gasteiger partial charge in [0, 0.05) is 34.0 Å². The van der Waals surface area contributed by atoms with Crippen LogP contribution in [-0.4, -0.2) is 39.8 Å². The Hall–Kier alpha value is -5.25. The summed E-state index contributed by atoms with van der Waals surface area (Å²) in [4.78, 5) is 51.5. The molecule has 3 N–H and O–H groups in total. The quantitative estimate of drug-likeness (QED) is 0.247.